The molecule has 2 aromatic rings. The van der Waals surface area contributed by atoms with Gasteiger partial charge in [0.15, 0.2) is 0 Å². The van der Waals surface area contributed by atoms with Crippen molar-refractivity contribution in [3.8, 4) is 0 Å². The second-order valence-corrected chi connectivity index (χ2v) is 4.01. The highest BCUT2D eigenvalue weighted by Gasteiger charge is 2.10. The van der Waals surface area contributed by atoms with Gasteiger partial charge in [0.25, 0.3) is 0 Å². The Morgan fingerprint density at radius 1 is 1.20 bits per heavy atom. The van der Waals surface area contributed by atoms with Gasteiger partial charge in [-0.15, -0.1) is 0 Å². The molecule has 0 amide bonds. The van der Waals surface area contributed by atoms with Crippen molar-refractivity contribution in [3.05, 3.63) is 58.9 Å². The summed E-state index contributed by atoms with van der Waals surface area (Å²) in [5.41, 5.74) is 8.31. The largest absolute Gasteiger partial charge is 0.353 e. The molecule has 1 aromatic carbocycles. The minimum Gasteiger partial charge on any atom is -0.353 e. The molecule has 0 saturated heterocycles. The quantitative estimate of drug-likeness (QED) is 0.829. The predicted molar refractivity (Wildman–Crippen MR) is 62.9 cm³/mol. The molecule has 0 spiro atoms. The van der Waals surface area contributed by atoms with Gasteiger partial charge in [-0.2, -0.15) is 0 Å². The number of aromatic nitrogens is 1. The molecule has 0 radical (unpaired) electrons. The van der Waals surface area contributed by atoms with E-state index >= 15 is 0 Å². The molecule has 2 nitrogen and oxygen atoms in total. The van der Waals surface area contributed by atoms with Crippen LogP contribution in [0.25, 0.3) is 0 Å². The highest BCUT2D eigenvalue weighted by atomic mass is 35.5. The third kappa shape index (κ3) is 2.06. The fourth-order valence-corrected chi connectivity index (χ4v) is 1.76. The van der Waals surface area contributed by atoms with Crippen LogP contribution in [0.2, 0.25) is 5.02 Å². The number of aryl methyl sites for hydroxylation is 1. The lowest BCUT2D eigenvalue weighted by atomic mass is 10.1. The fraction of sp³-hybridized carbons (Fsp3) is 0.167. The molecule has 0 aliphatic heterocycles. The second kappa shape index (κ2) is 4.09. The van der Waals surface area contributed by atoms with Crippen molar-refractivity contribution < 1.29 is 0 Å². The van der Waals surface area contributed by atoms with Crippen LogP contribution < -0.4 is 5.73 Å². The monoisotopic (exact) mass is 220 g/mol. The Bertz CT molecular complexity index is 445. The SMILES string of the molecule is Cn1cccc1C(N)c1ccc(Cl)cc1. The third-order valence-corrected chi connectivity index (χ3v) is 2.78. The number of hydrogen-bond acceptors (Lipinski definition) is 1. The molecule has 3 heteroatoms. The Hall–Kier alpha value is -1.25. The Morgan fingerprint density at radius 2 is 1.87 bits per heavy atom. The van der Waals surface area contributed by atoms with Crippen molar-refractivity contribution >= 4 is 11.6 Å². The highest BCUT2D eigenvalue weighted by Crippen LogP contribution is 2.20. The Balaban J connectivity index is 2.32. The minimum atomic E-state index is -0.0951. The van der Waals surface area contributed by atoms with Crippen molar-refractivity contribution in [2.24, 2.45) is 12.8 Å². The number of rotatable bonds is 2. The van der Waals surface area contributed by atoms with Crippen LogP contribution in [0, 0.1) is 0 Å². The average Bonchev–Trinajstić information content (AvgIpc) is 2.65. The Labute approximate surface area is 94.3 Å². The maximum absolute atomic E-state index is 6.15. The summed E-state index contributed by atoms with van der Waals surface area (Å²) in [5, 5.41) is 0.734. The van der Waals surface area contributed by atoms with E-state index in [2.05, 4.69) is 0 Å². The maximum Gasteiger partial charge on any atom is 0.0706 e. The van der Waals surface area contributed by atoms with Crippen molar-refractivity contribution in [1.29, 1.82) is 0 Å². The van der Waals surface area contributed by atoms with Gasteiger partial charge in [0.1, 0.15) is 0 Å². The first-order valence-electron chi connectivity index (χ1n) is 4.81. The standard InChI is InChI=1S/C12H13ClN2/c1-15-8-2-3-11(15)12(14)9-4-6-10(13)7-5-9/h2-8,12H,14H2,1H3. The molecular formula is C12H13ClN2. The van der Waals surface area contributed by atoms with Crippen LogP contribution in [0.3, 0.4) is 0 Å². The normalized spacial score (nSPS) is 12.7. The van der Waals surface area contributed by atoms with E-state index in [1.54, 1.807) is 0 Å². The van der Waals surface area contributed by atoms with Gasteiger partial charge in [-0.3, -0.25) is 0 Å². The van der Waals surface area contributed by atoms with E-state index in [0.717, 1.165) is 16.3 Å². The first kappa shape index (κ1) is 10.3. The summed E-state index contributed by atoms with van der Waals surface area (Å²) >= 11 is 5.83. The number of nitrogens with two attached hydrogens (primary N) is 1. The first-order valence-corrected chi connectivity index (χ1v) is 5.18. The zero-order valence-corrected chi connectivity index (χ0v) is 9.28. The summed E-state index contributed by atoms with van der Waals surface area (Å²) in [6.07, 6.45) is 1.99. The molecule has 0 aliphatic carbocycles. The summed E-state index contributed by atoms with van der Waals surface area (Å²) in [6, 6.07) is 11.6. The summed E-state index contributed by atoms with van der Waals surface area (Å²) < 4.78 is 2.03. The number of hydrogen-bond donors (Lipinski definition) is 1. The summed E-state index contributed by atoms with van der Waals surface area (Å²) in [6.45, 7) is 0. The van der Waals surface area contributed by atoms with Crippen LogP contribution >= 0.6 is 11.6 Å². The van der Waals surface area contributed by atoms with Crippen LogP contribution in [0.15, 0.2) is 42.6 Å². The fourth-order valence-electron chi connectivity index (χ4n) is 1.64. The topological polar surface area (TPSA) is 30.9 Å². The van der Waals surface area contributed by atoms with Crippen molar-refractivity contribution in [2.45, 2.75) is 6.04 Å². The van der Waals surface area contributed by atoms with Crippen LogP contribution in [0.1, 0.15) is 17.3 Å². The predicted octanol–water partition coefficient (Wildman–Crippen LogP) is 2.73. The van der Waals surface area contributed by atoms with Gasteiger partial charge < -0.3 is 10.3 Å². The molecular weight excluding hydrogens is 208 g/mol. The Morgan fingerprint density at radius 3 is 2.40 bits per heavy atom. The van der Waals surface area contributed by atoms with Crippen molar-refractivity contribution in [3.63, 3.8) is 0 Å². The zero-order valence-electron chi connectivity index (χ0n) is 8.52. The van der Waals surface area contributed by atoms with Gasteiger partial charge in [-0.25, -0.2) is 0 Å². The average molecular weight is 221 g/mol. The molecule has 0 saturated carbocycles. The Kier molecular flexibility index (Phi) is 2.80. The second-order valence-electron chi connectivity index (χ2n) is 3.57. The van der Waals surface area contributed by atoms with E-state index in [0.29, 0.717) is 0 Å². The molecule has 0 bridgehead atoms. The van der Waals surface area contributed by atoms with Gasteiger partial charge in [0.2, 0.25) is 0 Å². The van der Waals surface area contributed by atoms with E-state index in [9.17, 15) is 0 Å². The lowest BCUT2D eigenvalue weighted by molar-refractivity contribution is 0.747. The lowest BCUT2D eigenvalue weighted by Gasteiger charge is -2.13. The molecule has 2 N–H and O–H groups in total. The first-order chi connectivity index (χ1) is 7.18. The zero-order chi connectivity index (χ0) is 10.8. The van der Waals surface area contributed by atoms with E-state index < -0.39 is 0 Å². The van der Waals surface area contributed by atoms with Crippen LogP contribution in [-0.4, -0.2) is 4.57 Å². The molecule has 1 heterocycles. The highest BCUT2D eigenvalue weighted by molar-refractivity contribution is 6.30. The molecule has 0 fully saturated rings. The van der Waals surface area contributed by atoms with Gasteiger partial charge >= 0.3 is 0 Å². The van der Waals surface area contributed by atoms with Gasteiger partial charge in [0.05, 0.1) is 6.04 Å². The van der Waals surface area contributed by atoms with Crippen LogP contribution in [0.4, 0.5) is 0 Å². The summed E-state index contributed by atoms with van der Waals surface area (Å²) in [7, 11) is 1.99. The molecule has 15 heavy (non-hydrogen) atoms. The van der Waals surface area contributed by atoms with E-state index in [1.807, 2.05) is 54.2 Å². The summed E-state index contributed by atoms with van der Waals surface area (Å²) in [4.78, 5) is 0. The number of benzene rings is 1. The molecule has 1 aromatic heterocycles. The minimum absolute atomic E-state index is 0.0951. The number of halogens is 1. The van der Waals surface area contributed by atoms with Crippen LogP contribution in [-0.2, 0) is 7.05 Å². The summed E-state index contributed by atoms with van der Waals surface area (Å²) in [5.74, 6) is 0. The molecule has 2 rings (SSSR count). The smallest absolute Gasteiger partial charge is 0.0706 e. The molecule has 0 aliphatic rings. The van der Waals surface area contributed by atoms with Crippen molar-refractivity contribution in [1.82, 2.24) is 4.57 Å². The third-order valence-electron chi connectivity index (χ3n) is 2.53. The molecule has 78 valence electrons. The van der Waals surface area contributed by atoms with E-state index in [4.69, 9.17) is 17.3 Å². The number of nitrogens with zero attached hydrogens (tertiary/aromatic N) is 1. The van der Waals surface area contributed by atoms with Crippen LogP contribution in [0.5, 0.6) is 0 Å². The van der Waals surface area contributed by atoms with E-state index in [1.165, 1.54) is 0 Å². The van der Waals surface area contributed by atoms with Gasteiger partial charge in [-0.1, -0.05) is 23.7 Å². The van der Waals surface area contributed by atoms with E-state index in [-0.39, 0.29) is 6.04 Å². The van der Waals surface area contributed by atoms with Gasteiger partial charge in [-0.05, 0) is 29.8 Å². The lowest BCUT2D eigenvalue weighted by Crippen LogP contribution is -2.14. The van der Waals surface area contributed by atoms with Gasteiger partial charge in [0, 0.05) is 24.0 Å². The maximum atomic E-state index is 6.15. The van der Waals surface area contributed by atoms with Crippen molar-refractivity contribution in [2.75, 3.05) is 0 Å². The molecule has 1 atom stereocenters. The molecule has 1 unspecified atom stereocenters.